The Hall–Kier alpha value is -3.28. The number of hydrogen-bond acceptors (Lipinski definition) is 4. The van der Waals surface area contributed by atoms with Crippen molar-refractivity contribution in [1.29, 1.82) is 0 Å². The van der Waals surface area contributed by atoms with Gasteiger partial charge < -0.3 is 25.4 Å². The van der Waals surface area contributed by atoms with Gasteiger partial charge in [0.2, 0.25) is 0 Å². The van der Waals surface area contributed by atoms with Gasteiger partial charge in [0.1, 0.15) is 5.75 Å². The van der Waals surface area contributed by atoms with E-state index in [1.165, 1.54) is 6.07 Å². The van der Waals surface area contributed by atoms with Gasteiger partial charge >= 0.3 is 18.4 Å². The van der Waals surface area contributed by atoms with Crippen molar-refractivity contribution >= 4 is 39.5 Å². The average molecular weight is 643 g/mol. The maximum Gasteiger partial charge on any atom is 0.573 e. The minimum Gasteiger partial charge on any atom is -0.481 e. The summed E-state index contributed by atoms with van der Waals surface area (Å²) in [4.78, 5) is 38.3. The summed E-state index contributed by atoms with van der Waals surface area (Å²) in [5, 5.41) is 14.1. The molecule has 0 aliphatic heterocycles. The molecule has 3 N–H and O–H groups in total. The zero-order valence-corrected chi connectivity index (χ0v) is 24.8. The molecule has 224 valence electrons. The second-order valence-corrected chi connectivity index (χ2v) is 12.1. The van der Waals surface area contributed by atoms with Crippen molar-refractivity contribution in [2.45, 2.75) is 71.8 Å². The Balaban J connectivity index is 1.76. The molecule has 0 bridgehead atoms. The van der Waals surface area contributed by atoms with E-state index in [1.807, 2.05) is 0 Å². The van der Waals surface area contributed by atoms with E-state index in [2.05, 4.69) is 52.1 Å². The molecular formula is C29H35BrF3N3O5. The first kappa shape index (κ1) is 32.2. The van der Waals surface area contributed by atoms with E-state index in [-0.39, 0.29) is 35.4 Å². The molecule has 8 nitrogen and oxygen atoms in total. The predicted molar refractivity (Wildman–Crippen MR) is 152 cm³/mol. The van der Waals surface area contributed by atoms with Gasteiger partial charge in [0, 0.05) is 29.2 Å². The van der Waals surface area contributed by atoms with Gasteiger partial charge in [-0.1, -0.05) is 32.9 Å². The molecule has 0 unspecified atom stereocenters. The number of rotatable bonds is 9. The highest BCUT2D eigenvalue weighted by Crippen LogP contribution is 2.39. The van der Waals surface area contributed by atoms with Gasteiger partial charge in [-0.3, -0.25) is 9.59 Å². The molecule has 0 aromatic heterocycles. The predicted octanol–water partition coefficient (Wildman–Crippen LogP) is 7.19. The number of anilines is 1. The van der Waals surface area contributed by atoms with Crippen LogP contribution in [0.15, 0.2) is 46.9 Å². The summed E-state index contributed by atoms with van der Waals surface area (Å²) >= 11 is 3.22. The second-order valence-electron chi connectivity index (χ2n) is 11.2. The maximum absolute atomic E-state index is 13.6. The Morgan fingerprint density at radius 1 is 1.02 bits per heavy atom. The van der Waals surface area contributed by atoms with Gasteiger partial charge in [0.25, 0.3) is 5.91 Å². The summed E-state index contributed by atoms with van der Waals surface area (Å²) in [5.41, 5.74) is 1.61. The Labute approximate surface area is 245 Å². The Kier molecular flexibility index (Phi) is 10.7. The van der Waals surface area contributed by atoms with E-state index >= 15 is 0 Å². The van der Waals surface area contributed by atoms with E-state index in [4.69, 9.17) is 5.11 Å². The molecule has 2 aromatic carbocycles. The lowest BCUT2D eigenvalue weighted by Gasteiger charge is -2.41. The van der Waals surface area contributed by atoms with Crippen LogP contribution in [0.25, 0.3) is 0 Å². The van der Waals surface area contributed by atoms with Gasteiger partial charge in [-0.15, -0.1) is 13.2 Å². The monoisotopic (exact) mass is 641 g/mol. The third kappa shape index (κ3) is 9.94. The zero-order chi connectivity index (χ0) is 30.4. The molecule has 1 saturated carbocycles. The Morgan fingerprint density at radius 3 is 2.20 bits per heavy atom. The van der Waals surface area contributed by atoms with E-state index in [9.17, 15) is 27.6 Å². The molecule has 0 spiro atoms. The molecule has 1 aliphatic carbocycles. The van der Waals surface area contributed by atoms with Gasteiger partial charge in [0.15, 0.2) is 0 Å². The van der Waals surface area contributed by atoms with Crippen molar-refractivity contribution in [3.05, 3.63) is 58.1 Å². The standard InChI is InChI=1S/C29H35BrF3N3O5/c1-28(2,3)20-8-10-21(11-9-20)36(17-18-4-6-19(7-5-18)26(39)34-15-14-25(37)38)27(40)35-24-13-12-22(16-23(24)30)41-29(31,32)33/h4-7,12-13,16,20-21H,8-11,14-15,17H2,1-3H3,(H,34,39)(H,35,40)(H,37,38). The van der Waals surface area contributed by atoms with Crippen molar-refractivity contribution in [1.82, 2.24) is 10.2 Å². The van der Waals surface area contributed by atoms with E-state index < -0.39 is 30.0 Å². The number of nitrogens with zero attached hydrogens (tertiary/aromatic N) is 1. The van der Waals surface area contributed by atoms with Crippen LogP contribution < -0.4 is 15.4 Å². The molecule has 3 amide bonds. The smallest absolute Gasteiger partial charge is 0.481 e. The molecule has 0 saturated heterocycles. The lowest BCUT2D eigenvalue weighted by atomic mass is 9.71. The minimum absolute atomic E-state index is 0.0139. The zero-order valence-electron chi connectivity index (χ0n) is 23.2. The van der Waals surface area contributed by atoms with Crippen LogP contribution in [-0.4, -0.2) is 46.9 Å². The van der Waals surface area contributed by atoms with Gasteiger partial charge in [0.05, 0.1) is 12.1 Å². The summed E-state index contributed by atoms with van der Waals surface area (Å²) in [7, 11) is 0. The third-order valence-electron chi connectivity index (χ3n) is 7.23. The fourth-order valence-electron chi connectivity index (χ4n) is 4.94. The fraction of sp³-hybridized carbons (Fsp3) is 0.483. The number of amides is 3. The van der Waals surface area contributed by atoms with Crippen LogP contribution in [0.4, 0.5) is 23.7 Å². The summed E-state index contributed by atoms with van der Waals surface area (Å²) < 4.78 is 42.0. The van der Waals surface area contributed by atoms with Crippen LogP contribution in [0.5, 0.6) is 5.75 Å². The molecule has 41 heavy (non-hydrogen) atoms. The first-order valence-corrected chi connectivity index (χ1v) is 14.1. The number of halogens is 4. The quantitative estimate of drug-likeness (QED) is 0.269. The highest BCUT2D eigenvalue weighted by molar-refractivity contribution is 9.10. The lowest BCUT2D eigenvalue weighted by molar-refractivity contribution is -0.274. The molecule has 1 aliphatic rings. The number of alkyl halides is 3. The number of benzene rings is 2. The van der Waals surface area contributed by atoms with E-state index in [0.717, 1.165) is 43.4 Å². The molecule has 2 aromatic rings. The summed E-state index contributed by atoms with van der Waals surface area (Å²) in [6, 6.07) is 9.88. The van der Waals surface area contributed by atoms with Crippen LogP contribution in [0.2, 0.25) is 0 Å². The van der Waals surface area contributed by atoms with E-state index in [0.29, 0.717) is 17.2 Å². The van der Waals surface area contributed by atoms with E-state index in [1.54, 1.807) is 29.2 Å². The van der Waals surface area contributed by atoms with Gasteiger partial charge in [-0.2, -0.15) is 0 Å². The Bertz CT molecular complexity index is 1220. The molecule has 0 radical (unpaired) electrons. The number of aliphatic carboxylic acids is 1. The first-order valence-electron chi connectivity index (χ1n) is 13.3. The number of carbonyl (C=O) groups excluding carboxylic acids is 2. The van der Waals surface area contributed by atoms with Crippen molar-refractivity contribution < 1.29 is 37.4 Å². The summed E-state index contributed by atoms with van der Waals surface area (Å²) in [5.74, 6) is -1.28. The van der Waals surface area contributed by atoms with Crippen molar-refractivity contribution in [2.24, 2.45) is 11.3 Å². The van der Waals surface area contributed by atoms with Crippen LogP contribution in [0.1, 0.15) is 68.8 Å². The normalized spacial score (nSPS) is 17.4. The number of nitrogens with one attached hydrogen (secondary N) is 2. The molecular weight excluding hydrogens is 607 g/mol. The lowest BCUT2D eigenvalue weighted by Crippen LogP contribution is -2.45. The van der Waals surface area contributed by atoms with Crippen molar-refractivity contribution in [3.8, 4) is 5.75 Å². The van der Waals surface area contributed by atoms with Crippen LogP contribution >= 0.6 is 15.9 Å². The number of ether oxygens (including phenoxy) is 1. The van der Waals surface area contributed by atoms with Crippen LogP contribution in [0.3, 0.4) is 0 Å². The maximum atomic E-state index is 13.6. The molecule has 0 atom stereocenters. The van der Waals surface area contributed by atoms with Crippen LogP contribution in [0, 0.1) is 11.3 Å². The van der Waals surface area contributed by atoms with Crippen LogP contribution in [-0.2, 0) is 11.3 Å². The Morgan fingerprint density at radius 2 is 1.66 bits per heavy atom. The fourth-order valence-corrected chi connectivity index (χ4v) is 5.40. The highest BCUT2D eigenvalue weighted by atomic mass is 79.9. The number of urea groups is 1. The highest BCUT2D eigenvalue weighted by Gasteiger charge is 2.34. The summed E-state index contributed by atoms with van der Waals surface area (Å²) in [6.07, 6.45) is -1.49. The molecule has 12 heteroatoms. The van der Waals surface area contributed by atoms with Crippen molar-refractivity contribution in [3.63, 3.8) is 0 Å². The largest absolute Gasteiger partial charge is 0.573 e. The molecule has 3 rings (SSSR count). The summed E-state index contributed by atoms with van der Waals surface area (Å²) in [6.45, 7) is 6.91. The van der Waals surface area contributed by atoms with Crippen molar-refractivity contribution in [2.75, 3.05) is 11.9 Å². The SMILES string of the molecule is CC(C)(C)C1CCC(N(Cc2ccc(C(=O)NCCC(=O)O)cc2)C(=O)Nc2ccc(OC(F)(F)F)cc2Br)CC1. The number of carboxylic acid groups (broad SMARTS) is 1. The average Bonchev–Trinajstić information content (AvgIpc) is 2.87. The minimum atomic E-state index is -4.83. The third-order valence-corrected chi connectivity index (χ3v) is 7.89. The van der Waals surface area contributed by atoms with Gasteiger partial charge in [-0.25, -0.2) is 4.79 Å². The number of hydrogen-bond donors (Lipinski definition) is 3. The molecule has 1 fully saturated rings. The molecule has 0 heterocycles. The second kappa shape index (κ2) is 13.6. The van der Waals surface area contributed by atoms with Gasteiger partial charge in [-0.05, 0) is 88.8 Å². The number of carbonyl (C=O) groups is 3. The first-order chi connectivity index (χ1) is 19.1. The number of carboxylic acids is 1. The topological polar surface area (TPSA) is 108 Å².